The van der Waals surface area contributed by atoms with Gasteiger partial charge >= 0.3 is 0 Å². The number of halogens is 5. The monoisotopic (exact) mass is 434 g/mol. The number of rotatable bonds is 2. The van der Waals surface area contributed by atoms with Gasteiger partial charge in [0.15, 0.2) is 5.15 Å². The molecule has 0 atom stereocenters. The van der Waals surface area contributed by atoms with Crippen molar-refractivity contribution in [3.05, 3.63) is 57.3 Å². The van der Waals surface area contributed by atoms with Crippen molar-refractivity contribution in [2.45, 2.75) is 5.33 Å². The molecule has 2 aromatic heterocycles. The maximum atomic E-state index is 13.4. The number of benzene rings is 1. The summed E-state index contributed by atoms with van der Waals surface area (Å²) in [6.45, 7) is 0. The third-order valence-electron chi connectivity index (χ3n) is 3.07. The number of pyridine rings is 1. The maximum Gasteiger partial charge on any atom is 0.155 e. The van der Waals surface area contributed by atoms with Gasteiger partial charge < -0.3 is 0 Å². The minimum atomic E-state index is -0.657. The van der Waals surface area contributed by atoms with Gasteiger partial charge in [0.2, 0.25) is 0 Å². The van der Waals surface area contributed by atoms with Crippen LogP contribution >= 0.6 is 43.5 Å². The normalized spacial score (nSPS) is 11.3. The largest absolute Gasteiger partial charge is 0.298 e. The van der Waals surface area contributed by atoms with Crippen molar-refractivity contribution in [1.82, 2.24) is 9.38 Å². The second-order valence-corrected chi connectivity index (χ2v) is 6.15. The summed E-state index contributed by atoms with van der Waals surface area (Å²) in [6, 6.07) is 5.11. The van der Waals surface area contributed by atoms with Gasteiger partial charge in [0.1, 0.15) is 17.5 Å². The van der Waals surface area contributed by atoms with Crippen molar-refractivity contribution in [1.29, 1.82) is 0 Å². The second-order valence-electron chi connectivity index (χ2n) is 4.38. The molecule has 0 fully saturated rings. The van der Waals surface area contributed by atoms with Crippen LogP contribution in [0.1, 0.15) is 5.56 Å². The van der Waals surface area contributed by atoms with Crippen LogP contribution in [-0.2, 0) is 5.33 Å². The van der Waals surface area contributed by atoms with Crippen molar-refractivity contribution in [2.24, 2.45) is 0 Å². The highest BCUT2D eigenvalue weighted by molar-refractivity contribution is 9.10. The molecule has 0 radical (unpaired) electrons. The van der Waals surface area contributed by atoms with E-state index in [2.05, 4.69) is 36.8 Å². The van der Waals surface area contributed by atoms with E-state index >= 15 is 0 Å². The number of imidazole rings is 1. The number of hydrogen-bond acceptors (Lipinski definition) is 1. The summed E-state index contributed by atoms with van der Waals surface area (Å²) < 4.78 is 29.4. The van der Waals surface area contributed by atoms with Crippen LogP contribution in [0.5, 0.6) is 0 Å². The summed E-state index contributed by atoms with van der Waals surface area (Å²) in [4.78, 5) is 4.25. The Balaban J connectivity index is 2.34. The number of hydrogen-bond donors (Lipinski definition) is 0. The lowest BCUT2D eigenvalue weighted by molar-refractivity contribution is 0.584. The molecule has 0 saturated carbocycles. The van der Waals surface area contributed by atoms with Crippen molar-refractivity contribution in [3.63, 3.8) is 0 Å². The van der Waals surface area contributed by atoms with Crippen LogP contribution in [-0.4, -0.2) is 9.38 Å². The van der Waals surface area contributed by atoms with Gasteiger partial charge in [-0.3, -0.25) is 4.40 Å². The molecule has 0 unspecified atom stereocenters. The Labute approximate surface area is 141 Å². The molecule has 3 rings (SSSR count). The molecular formula is C14H7Br2ClF2N2. The van der Waals surface area contributed by atoms with E-state index in [0.717, 1.165) is 16.1 Å². The zero-order valence-corrected chi connectivity index (χ0v) is 14.3. The Hall–Kier alpha value is -0.980. The molecule has 1 aromatic carbocycles. The molecule has 0 N–H and O–H groups in total. The van der Waals surface area contributed by atoms with E-state index in [-0.39, 0.29) is 5.15 Å². The van der Waals surface area contributed by atoms with Crippen LogP contribution < -0.4 is 0 Å². The molecular weight excluding hydrogens is 429 g/mol. The minimum absolute atomic E-state index is 0.283. The quantitative estimate of drug-likeness (QED) is 0.479. The van der Waals surface area contributed by atoms with Crippen molar-refractivity contribution in [2.75, 3.05) is 0 Å². The third kappa shape index (κ3) is 2.60. The van der Waals surface area contributed by atoms with Gasteiger partial charge in [-0.25, -0.2) is 13.8 Å². The average Bonchev–Trinajstić information content (AvgIpc) is 2.75. The topological polar surface area (TPSA) is 17.3 Å². The summed E-state index contributed by atoms with van der Waals surface area (Å²) in [5.41, 5.74) is 1.94. The molecule has 21 heavy (non-hydrogen) atoms. The Bertz CT molecular complexity index is 828. The predicted octanol–water partition coefficient (Wildman–Crippen LogP) is 5.59. The van der Waals surface area contributed by atoms with Crippen LogP contribution in [0.25, 0.3) is 16.9 Å². The van der Waals surface area contributed by atoms with Crippen LogP contribution in [0.3, 0.4) is 0 Å². The van der Waals surface area contributed by atoms with E-state index < -0.39 is 11.6 Å². The Morgan fingerprint density at radius 1 is 1.19 bits per heavy atom. The molecule has 0 aliphatic rings. The van der Waals surface area contributed by atoms with Gasteiger partial charge in [-0.1, -0.05) is 43.5 Å². The van der Waals surface area contributed by atoms with Crippen molar-refractivity contribution >= 4 is 49.0 Å². The summed E-state index contributed by atoms with van der Waals surface area (Å²) in [7, 11) is 0. The minimum Gasteiger partial charge on any atom is -0.298 e. The highest BCUT2D eigenvalue weighted by Gasteiger charge is 2.17. The highest BCUT2D eigenvalue weighted by atomic mass is 79.9. The van der Waals surface area contributed by atoms with E-state index in [0.29, 0.717) is 22.2 Å². The van der Waals surface area contributed by atoms with Crippen LogP contribution in [0.15, 0.2) is 34.9 Å². The van der Waals surface area contributed by atoms with Crippen LogP contribution in [0.2, 0.25) is 5.15 Å². The number of nitrogens with zero attached hydrogens (tertiary/aromatic N) is 2. The maximum absolute atomic E-state index is 13.4. The number of fused-ring (bicyclic) bond motifs is 1. The first-order valence-corrected chi connectivity index (χ1v) is 8.18. The number of alkyl halides is 1. The van der Waals surface area contributed by atoms with E-state index in [1.54, 1.807) is 10.6 Å². The summed E-state index contributed by atoms with van der Waals surface area (Å²) in [5.74, 6) is -0.922. The fraction of sp³-hybridized carbons (Fsp3) is 0.0714. The van der Waals surface area contributed by atoms with E-state index in [4.69, 9.17) is 11.6 Å². The SMILES string of the molecule is Fc1cc(F)cc(-c2nc(Cl)c3c(CBr)c(Br)ccn23)c1. The van der Waals surface area contributed by atoms with Gasteiger partial charge in [0.25, 0.3) is 0 Å². The van der Waals surface area contributed by atoms with Crippen LogP contribution in [0.4, 0.5) is 8.78 Å². The average molecular weight is 436 g/mol. The summed E-state index contributed by atoms with van der Waals surface area (Å²) in [5, 5.41) is 0.853. The second kappa shape index (κ2) is 5.66. The zero-order valence-electron chi connectivity index (χ0n) is 10.4. The van der Waals surface area contributed by atoms with Gasteiger partial charge in [-0.2, -0.15) is 0 Å². The van der Waals surface area contributed by atoms with E-state index in [9.17, 15) is 8.78 Å². The van der Waals surface area contributed by atoms with Gasteiger partial charge in [-0.05, 0) is 18.2 Å². The van der Waals surface area contributed by atoms with Crippen LogP contribution in [0, 0.1) is 11.6 Å². The highest BCUT2D eigenvalue weighted by Crippen LogP contribution is 2.33. The van der Waals surface area contributed by atoms with Crippen molar-refractivity contribution in [3.8, 4) is 11.4 Å². The first kappa shape index (κ1) is 14.9. The fourth-order valence-corrected chi connectivity index (χ4v) is 3.86. The van der Waals surface area contributed by atoms with Gasteiger partial charge in [0, 0.05) is 33.2 Å². The fourth-order valence-electron chi connectivity index (χ4n) is 2.19. The predicted molar refractivity (Wildman–Crippen MR) is 85.9 cm³/mol. The third-order valence-corrected chi connectivity index (χ3v) is 4.63. The molecule has 0 amide bonds. The first-order chi connectivity index (χ1) is 10.0. The molecule has 0 saturated heterocycles. The smallest absolute Gasteiger partial charge is 0.155 e. The lowest BCUT2D eigenvalue weighted by Gasteiger charge is -2.06. The lowest BCUT2D eigenvalue weighted by Crippen LogP contribution is -1.94. The molecule has 2 nitrogen and oxygen atoms in total. The van der Waals surface area contributed by atoms with E-state index in [1.807, 2.05) is 6.07 Å². The molecule has 108 valence electrons. The van der Waals surface area contributed by atoms with Crippen molar-refractivity contribution < 1.29 is 8.78 Å². The Kier molecular flexibility index (Phi) is 4.03. The molecule has 0 spiro atoms. The van der Waals surface area contributed by atoms with Gasteiger partial charge in [0.05, 0.1) is 5.52 Å². The molecule has 3 aromatic rings. The lowest BCUT2D eigenvalue weighted by atomic mass is 10.2. The number of aromatic nitrogens is 2. The standard InChI is InChI=1S/C14H7Br2ClF2N2/c15-6-10-11(16)1-2-21-12(10)13(17)20-14(21)7-3-8(18)5-9(19)4-7/h1-5H,6H2. The first-order valence-electron chi connectivity index (χ1n) is 5.88. The van der Waals surface area contributed by atoms with E-state index in [1.165, 1.54) is 12.1 Å². The Morgan fingerprint density at radius 2 is 1.86 bits per heavy atom. The summed E-state index contributed by atoms with van der Waals surface area (Å²) in [6.07, 6.45) is 1.75. The molecule has 0 aliphatic carbocycles. The molecule has 0 bridgehead atoms. The zero-order chi connectivity index (χ0) is 15.1. The molecule has 2 heterocycles. The molecule has 7 heteroatoms. The summed E-state index contributed by atoms with van der Waals surface area (Å²) >= 11 is 13.1. The van der Waals surface area contributed by atoms with Gasteiger partial charge in [-0.15, -0.1) is 0 Å². The Morgan fingerprint density at radius 3 is 2.48 bits per heavy atom. The molecule has 0 aliphatic heterocycles.